The van der Waals surface area contributed by atoms with E-state index >= 15 is 0 Å². The van der Waals surface area contributed by atoms with Crippen LogP contribution in [0.5, 0.6) is 0 Å². The molecular weight excluding hydrogens is 198 g/mol. The number of hydrogen-bond acceptors (Lipinski definition) is 2. The van der Waals surface area contributed by atoms with Crippen molar-refractivity contribution in [1.29, 1.82) is 0 Å². The van der Waals surface area contributed by atoms with Crippen LogP contribution in [0.2, 0.25) is 0 Å². The summed E-state index contributed by atoms with van der Waals surface area (Å²) in [7, 11) is 0. The van der Waals surface area contributed by atoms with Crippen LogP contribution < -0.4 is 0 Å². The maximum atomic E-state index is 5.54. The minimum absolute atomic E-state index is 0.610. The van der Waals surface area contributed by atoms with Crippen LogP contribution in [0.4, 0.5) is 0 Å². The molecule has 0 bridgehead atoms. The molecular formula is C11H22ClNO. The standard InChI is InChI=1S/C11H22ClNO/c1-2-3-7-13(11-4-5-11)8-10-14-9-6-12/h11H,2-10H2,1H3. The number of halogens is 1. The minimum atomic E-state index is 0.610. The van der Waals surface area contributed by atoms with Gasteiger partial charge in [-0.2, -0.15) is 0 Å². The van der Waals surface area contributed by atoms with E-state index in [1.54, 1.807) is 0 Å². The van der Waals surface area contributed by atoms with Crippen molar-refractivity contribution in [2.24, 2.45) is 0 Å². The van der Waals surface area contributed by atoms with Crippen LogP contribution >= 0.6 is 11.6 Å². The average Bonchev–Trinajstić information content (AvgIpc) is 3.00. The monoisotopic (exact) mass is 219 g/mol. The first-order valence-electron chi connectivity index (χ1n) is 5.76. The fraction of sp³-hybridized carbons (Fsp3) is 1.00. The Bertz CT molecular complexity index is 139. The van der Waals surface area contributed by atoms with E-state index in [0.717, 1.165) is 19.2 Å². The lowest BCUT2D eigenvalue weighted by Gasteiger charge is -2.21. The normalized spacial score (nSPS) is 16.5. The first-order chi connectivity index (χ1) is 6.88. The lowest BCUT2D eigenvalue weighted by atomic mass is 10.3. The van der Waals surface area contributed by atoms with Gasteiger partial charge in [0.1, 0.15) is 0 Å². The molecule has 1 rings (SSSR count). The number of rotatable bonds is 9. The van der Waals surface area contributed by atoms with Gasteiger partial charge in [0.15, 0.2) is 0 Å². The Labute approximate surface area is 92.6 Å². The average molecular weight is 220 g/mol. The molecule has 0 N–H and O–H groups in total. The van der Waals surface area contributed by atoms with E-state index in [2.05, 4.69) is 11.8 Å². The highest BCUT2D eigenvalue weighted by atomic mass is 35.5. The lowest BCUT2D eigenvalue weighted by Crippen LogP contribution is -2.31. The van der Waals surface area contributed by atoms with Gasteiger partial charge in [-0.3, -0.25) is 4.90 Å². The van der Waals surface area contributed by atoms with Gasteiger partial charge in [-0.05, 0) is 25.8 Å². The molecule has 0 atom stereocenters. The van der Waals surface area contributed by atoms with E-state index in [1.165, 1.54) is 32.2 Å². The van der Waals surface area contributed by atoms with E-state index in [0.29, 0.717) is 12.5 Å². The molecule has 0 aromatic carbocycles. The number of hydrogen-bond donors (Lipinski definition) is 0. The molecule has 0 saturated heterocycles. The van der Waals surface area contributed by atoms with Crippen molar-refractivity contribution in [2.75, 3.05) is 32.2 Å². The zero-order valence-electron chi connectivity index (χ0n) is 9.17. The van der Waals surface area contributed by atoms with E-state index < -0.39 is 0 Å². The van der Waals surface area contributed by atoms with Crippen LogP contribution in [0.3, 0.4) is 0 Å². The maximum Gasteiger partial charge on any atom is 0.0602 e. The van der Waals surface area contributed by atoms with Crippen LogP contribution in [-0.4, -0.2) is 43.1 Å². The molecule has 2 nitrogen and oxygen atoms in total. The first-order valence-corrected chi connectivity index (χ1v) is 6.29. The van der Waals surface area contributed by atoms with Crippen LogP contribution in [0.1, 0.15) is 32.6 Å². The third-order valence-corrected chi connectivity index (χ3v) is 2.76. The van der Waals surface area contributed by atoms with Crippen molar-refractivity contribution < 1.29 is 4.74 Å². The molecule has 3 heteroatoms. The highest BCUT2D eigenvalue weighted by Gasteiger charge is 2.27. The highest BCUT2D eigenvalue weighted by Crippen LogP contribution is 2.26. The Hall–Kier alpha value is 0.210. The molecule has 1 aliphatic carbocycles. The van der Waals surface area contributed by atoms with Crippen molar-refractivity contribution in [3.63, 3.8) is 0 Å². The van der Waals surface area contributed by atoms with E-state index in [1.807, 2.05) is 0 Å². The summed E-state index contributed by atoms with van der Waals surface area (Å²) in [6.07, 6.45) is 5.37. The van der Waals surface area contributed by atoms with E-state index in [-0.39, 0.29) is 0 Å². The van der Waals surface area contributed by atoms with Crippen LogP contribution in [0, 0.1) is 0 Å². The highest BCUT2D eigenvalue weighted by molar-refractivity contribution is 6.17. The summed E-state index contributed by atoms with van der Waals surface area (Å²) >= 11 is 5.54. The molecule has 14 heavy (non-hydrogen) atoms. The molecule has 84 valence electrons. The molecule has 1 aliphatic rings. The molecule has 0 unspecified atom stereocenters. The Morgan fingerprint density at radius 3 is 2.64 bits per heavy atom. The lowest BCUT2D eigenvalue weighted by molar-refractivity contribution is 0.111. The summed E-state index contributed by atoms with van der Waals surface area (Å²) in [5, 5.41) is 0. The van der Waals surface area contributed by atoms with Crippen LogP contribution in [0.25, 0.3) is 0 Å². The van der Waals surface area contributed by atoms with E-state index in [9.17, 15) is 0 Å². The molecule has 0 aromatic rings. The molecule has 0 heterocycles. The van der Waals surface area contributed by atoms with Gasteiger partial charge in [0, 0.05) is 18.5 Å². The SMILES string of the molecule is CCCCN(CCOCCCl)C1CC1. The fourth-order valence-electron chi connectivity index (χ4n) is 1.62. The third-order valence-electron chi connectivity index (χ3n) is 2.61. The van der Waals surface area contributed by atoms with Gasteiger partial charge in [0.25, 0.3) is 0 Å². The molecule has 0 amide bonds. The summed E-state index contributed by atoms with van der Waals surface area (Å²) < 4.78 is 5.40. The number of nitrogens with zero attached hydrogens (tertiary/aromatic N) is 1. The first kappa shape index (κ1) is 12.3. The fourth-order valence-corrected chi connectivity index (χ4v) is 1.73. The second-order valence-electron chi connectivity index (χ2n) is 3.92. The van der Waals surface area contributed by atoms with E-state index in [4.69, 9.17) is 16.3 Å². The number of alkyl halides is 1. The summed E-state index contributed by atoms with van der Waals surface area (Å²) in [6, 6.07) is 0.862. The zero-order chi connectivity index (χ0) is 10.2. The molecule has 0 aliphatic heterocycles. The van der Waals surface area contributed by atoms with Gasteiger partial charge in [0.2, 0.25) is 0 Å². The van der Waals surface area contributed by atoms with Crippen molar-refractivity contribution in [1.82, 2.24) is 4.90 Å². The molecule has 1 saturated carbocycles. The Kier molecular flexibility index (Phi) is 6.57. The molecule has 0 aromatic heterocycles. The smallest absolute Gasteiger partial charge is 0.0602 e. The van der Waals surface area contributed by atoms with Gasteiger partial charge < -0.3 is 4.74 Å². The number of ether oxygens (including phenoxy) is 1. The topological polar surface area (TPSA) is 12.5 Å². The summed E-state index contributed by atoms with van der Waals surface area (Å²) in [4.78, 5) is 2.57. The van der Waals surface area contributed by atoms with Crippen LogP contribution in [0.15, 0.2) is 0 Å². The summed E-state index contributed by atoms with van der Waals surface area (Å²) in [6.45, 7) is 6.10. The van der Waals surface area contributed by atoms with Gasteiger partial charge >= 0.3 is 0 Å². The molecule has 0 spiro atoms. The molecule has 0 radical (unpaired) electrons. The zero-order valence-corrected chi connectivity index (χ0v) is 9.93. The summed E-state index contributed by atoms with van der Waals surface area (Å²) in [5.41, 5.74) is 0. The van der Waals surface area contributed by atoms with Gasteiger partial charge in [-0.1, -0.05) is 13.3 Å². The van der Waals surface area contributed by atoms with Crippen LogP contribution in [-0.2, 0) is 4.74 Å². The second kappa shape index (κ2) is 7.49. The Balaban J connectivity index is 2.02. The summed E-state index contributed by atoms with van der Waals surface area (Å²) in [5.74, 6) is 0.610. The van der Waals surface area contributed by atoms with Crippen molar-refractivity contribution in [2.45, 2.75) is 38.6 Å². The predicted octanol–water partition coefficient (Wildman–Crippen LogP) is 2.51. The van der Waals surface area contributed by atoms with Crippen molar-refractivity contribution in [3.8, 4) is 0 Å². The predicted molar refractivity (Wildman–Crippen MR) is 61.0 cm³/mol. The van der Waals surface area contributed by atoms with Gasteiger partial charge in [-0.15, -0.1) is 11.6 Å². The van der Waals surface area contributed by atoms with Crippen molar-refractivity contribution >= 4 is 11.6 Å². The third kappa shape index (κ3) is 5.18. The quantitative estimate of drug-likeness (QED) is 0.437. The maximum absolute atomic E-state index is 5.54. The second-order valence-corrected chi connectivity index (χ2v) is 4.30. The van der Waals surface area contributed by atoms with Crippen molar-refractivity contribution in [3.05, 3.63) is 0 Å². The molecule has 1 fully saturated rings. The minimum Gasteiger partial charge on any atom is -0.379 e. The van der Waals surface area contributed by atoms with Gasteiger partial charge in [-0.25, -0.2) is 0 Å². The largest absolute Gasteiger partial charge is 0.379 e. The number of unbranched alkanes of at least 4 members (excludes halogenated alkanes) is 1. The van der Waals surface area contributed by atoms with Gasteiger partial charge in [0.05, 0.1) is 13.2 Å². The Morgan fingerprint density at radius 2 is 2.07 bits per heavy atom. The Morgan fingerprint density at radius 1 is 1.29 bits per heavy atom.